The maximum atomic E-state index is 3.54. The molecule has 0 spiro atoms. The SMILES string of the molecule is CSCCCNCCCN(C)C1CCCCC1. The van der Waals surface area contributed by atoms with Crippen LogP contribution in [0.3, 0.4) is 0 Å². The first-order valence-electron chi connectivity index (χ1n) is 7.24. The van der Waals surface area contributed by atoms with Crippen molar-refractivity contribution in [2.24, 2.45) is 0 Å². The molecule has 1 fully saturated rings. The standard InChI is InChI=1S/C14H30N2S/c1-16(14-8-4-3-5-9-14)12-6-10-15-11-7-13-17-2/h14-15H,3-13H2,1-2H3. The van der Waals surface area contributed by atoms with E-state index in [9.17, 15) is 0 Å². The van der Waals surface area contributed by atoms with E-state index in [4.69, 9.17) is 0 Å². The van der Waals surface area contributed by atoms with Crippen molar-refractivity contribution >= 4 is 11.8 Å². The Morgan fingerprint density at radius 1 is 1.12 bits per heavy atom. The van der Waals surface area contributed by atoms with Crippen LogP contribution in [0.15, 0.2) is 0 Å². The number of nitrogens with one attached hydrogen (secondary N) is 1. The van der Waals surface area contributed by atoms with Gasteiger partial charge in [-0.05, 0) is 64.4 Å². The van der Waals surface area contributed by atoms with E-state index in [0.29, 0.717) is 0 Å². The van der Waals surface area contributed by atoms with E-state index in [2.05, 4.69) is 23.5 Å². The van der Waals surface area contributed by atoms with Crippen LogP contribution in [0.2, 0.25) is 0 Å². The van der Waals surface area contributed by atoms with Gasteiger partial charge in [-0.3, -0.25) is 0 Å². The Morgan fingerprint density at radius 3 is 2.53 bits per heavy atom. The molecule has 0 aromatic heterocycles. The molecule has 0 radical (unpaired) electrons. The first kappa shape index (κ1) is 15.3. The number of nitrogens with zero attached hydrogens (tertiary/aromatic N) is 1. The van der Waals surface area contributed by atoms with Crippen molar-refractivity contribution in [3.05, 3.63) is 0 Å². The fourth-order valence-electron chi connectivity index (χ4n) is 2.62. The van der Waals surface area contributed by atoms with Crippen molar-refractivity contribution < 1.29 is 0 Å². The summed E-state index contributed by atoms with van der Waals surface area (Å²) in [5.41, 5.74) is 0. The third-order valence-electron chi connectivity index (χ3n) is 3.76. The van der Waals surface area contributed by atoms with Gasteiger partial charge in [-0.15, -0.1) is 0 Å². The van der Waals surface area contributed by atoms with E-state index >= 15 is 0 Å². The van der Waals surface area contributed by atoms with Gasteiger partial charge in [0.15, 0.2) is 0 Å². The Kier molecular flexibility index (Phi) is 9.21. The minimum atomic E-state index is 0.875. The molecule has 1 saturated carbocycles. The number of rotatable bonds is 9. The van der Waals surface area contributed by atoms with Crippen molar-refractivity contribution in [1.29, 1.82) is 0 Å². The van der Waals surface area contributed by atoms with Gasteiger partial charge in [0.2, 0.25) is 0 Å². The minimum Gasteiger partial charge on any atom is -0.317 e. The predicted molar refractivity (Wildman–Crippen MR) is 80.0 cm³/mol. The largest absolute Gasteiger partial charge is 0.317 e. The Hall–Kier alpha value is 0.270. The molecular formula is C14H30N2S. The lowest BCUT2D eigenvalue weighted by Gasteiger charge is -2.31. The van der Waals surface area contributed by atoms with Gasteiger partial charge in [0.25, 0.3) is 0 Å². The molecular weight excluding hydrogens is 228 g/mol. The van der Waals surface area contributed by atoms with E-state index in [1.807, 2.05) is 11.8 Å². The molecule has 0 atom stereocenters. The summed E-state index contributed by atoms with van der Waals surface area (Å²) in [7, 11) is 2.31. The normalized spacial score (nSPS) is 17.8. The molecule has 0 unspecified atom stereocenters. The van der Waals surface area contributed by atoms with Gasteiger partial charge in [0.05, 0.1) is 0 Å². The van der Waals surface area contributed by atoms with Crippen LogP contribution in [-0.2, 0) is 0 Å². The van der Waals surface area contributed by atoms with Gasteiger partial charge < -0.3 is 10.2 Å². The lowest BCUT2D eigenvalue weighted by atomic mass is 9.94. The van der Waals surface area contributed by atoms with Crippen molar-refractivity contribution in [3.63, 3.8) is 0 Å². The predicted octanol–water partition coefficient (Wildman–Crippen LogP) is 2.98. The molecule has 1 aliphatic rings. The van der Waals surface area contributed by atoms with Crippen LogP contribution < -0.4 is 5.32 Å². The van der Waals surface area contributed by atoms with Gasteiger partial charge >= 0.3 is 0 Å². The van der Waals surface area contributed by atoms with Gasteiger partial charge in [0.1, 0.15) is 0 Å². The third kappa shape index (κ3) is 7.32. The fourth-order valence-corrected chi connectivity index (χ4v) is 3.06. The molecule has 3 heteroatoms. The summed E-state index contributed by atoms with van der Waals surface area (Å²) in [6.07, 6.45) is 12.0. The number of hydrogen-bond donors (Lipinski definition) is 1. The average Bonchev–Trinajstić information content (AvgIpc) is 2.38. The maximum Gasteiger partial charge on any atom is 0.00922 e. The molecule has 0 aliphatic heterocycles. The van der Waals surface area contributed by atoms with Crippen molar-refractivity contribution in [2.75, 3.05) is 38.7 Å². The number of hydrogen-bond acceptors (Lipinski definition) is 3. The quantitative estimate of drug-likeness (QED) is 0.640. The summed E-state index contributed by atoms with van der Waals surface area (Å²) in [5.74, 6) is 1.29. The second-order valence-corrected chi connectivity index (χ2v) is 6.21. The highest BCUT2D eigenvalue weighted by atomic mass is 32.2. The first-order valence-corrected chi connectivity index (χ1v) is 8.64. The molecule has 0 heterocycles. The molecule has 0 saturated heterocycles. The van der Waals surface area contributed by atoms with E-state index in [0.717, 1.165) is 6.04 Å². The van der Waals surface area contributed by atoms with Gasteiger partial charge in [0, 0.05) is 6.04 Å². The molecule has 0 aromatic carbocycles. The summed E-state index contributed by atoms with van der Waals surface area (Å²) < 4.78 is 0. The zero-order valence-electron chi connectivity index (χ0n) is 11.7. The second kappa shape index (κ2) is 10.2. The molecule has 1 rings (SSSR count). The van der Waals surface area contributed by atoms with Crippen LogP contribution in [0.5, 0.6) is 0 Å². The lowest BCUT2D eigenvalue weighted by Crippen LogP contribution is -2.35. The van der Waals surface area contributed by atoms with Crippen LogP contribution in [0.4, 0.5) is 0 Å². The van der Waals surface area contributed by atoms with Crippen LogP contribution in [-0.4, -0.2) is 49.6 Å². The van der Waals surface area contributed by atoms with Crippen LogP contribution >= 0.6 is 11.8 Å². The lowest BCUT2D eigenvalue weighted by molar-refractivity contribution is 0.189. The molecule has 1 N–H and O–H groups in total. The Balaban J connectivity index is 1.90. The molecule has 2 nitrogen and oxygen atoms in total. The average molecular weight is 258 g/mol. The highest BCUT2D eigenvalue weighted by Crippen LogP contribution is 2.21. The highest BCUT2D eigenvalue weighted by Gasteiger charge is 2.16. The minimum absolute atomic E-state index is 0.875. The molecule has 0 bridgehead atoms. The summed E-state index contributed by atoms with van der Waals surface area (Å²) in [6, 6.07) is 0.875. The summed E-state index contributed by atoms with van der Waals surface area (Å²) in [5, 5.41) is 3.54. The van der Waals surface area contributed by atoms with Crippen LogP contribution in [0.25, 0.3) is 0 Å². The van der Waals surface area contributed by atoms with E-state index in [1.54, 1.807) is 0 Å². The van der Waals surface area contributed by atoms with E-state index in [1.165, 1.54) is 70.3 Å². The molecule has 0 amide bonds. The summed E-state index contributed by atoms with van der Waals surface area (Å²) in [4.78, 5) is 2.59. The monoisotopic (exact) mass is 258 g/mol. The second-order valence-electron chi connectivity index (χ2n) is 5.22. The Bertz CT molecular complexity index is 170. The maximum absolute atomic E-state index is 3.54. The van der Waals surface area contributed by atoms with Gasteiger partial charge in [-0.1, -0.05) is 19.3 Å². The van der Waals surface area contributed by atoms with E-state index < -0.39 is 0 Å². The van der Waals surface area contributed by atoms with E-state index in [-0.39, 0.29) is 0 Å². The van der Waals surface area contributed by atoms with Crippen molar-refractivity contribution in [3.8, 4) is 0 Å². The van der Waals surface area contributed by atoms with Gasteiger partial charge in [-0.2, -0.15) is 11.8 Å². The topological polar surface area (TPSA) is 15.3 Å². The molecule has 1 aliphatic carbocycles. The molecule has 0 aromatic rings. The fraction of sp³-hybridized carbons (Fsp3) is 1.00. The third-order valence-corrected chi connectivity index (χ3v) is 4.46. The number of thioether (sulfide) groups is 1. The Morgan fingerprint density at radius 2 is 1.82 bits per heavy atom. The van der Waals surface area contributed by atoms with Gasteiger partial charge in [-0.25, -0.2) is 0 Å². The summed E-state index contributed by atoms with van der Waals surface area (Å²) >= 11 is 1.94. The zero-order chi connectivity index (χ0) is 12.3. The Labute approximate surface area is 112 Å². The molecule has 17 heavy (non-hydrogen) atoms. The zero-order valence-corrected chi connectivity index (χ0v) is 12.5. The van der Waals surface area contributed by atoms with Crippen molar-refractivity contribution in [2.45, 2.75) is 51.0 Å². The highest BCUT2D eigenvalue weighted by molar-refractivity contribution is 7.98. The smallest absolute Gasteiger partial charge is 0.00922 e. The first-order chi connectivity index (χ1) is 8.34. The van der Waals surface area contributed by atoms with Crippen molar-refractivity contribution in [1.82, 2.24) is 10.2 Å². The van der Waals surface area contributed by atoms with Crippen LogP contribution in [0.1, 0.15) is 44.9 Å². The summed E-state index contributed by atoms with van der Waals surface area (Å²) in [6.45, 7) is 3.64. The van der Waals surface area contributed by atoms with Crippen LogP contribution in [0, 0.1) is 0 Å². The molecule has 102 valence electrons.